The molecule has 5 nitrogen and oxygen atoms in total. The number of nitrogens with zero attached hydrogens (tertiary/aromatic N) is 2. The molecule has 1 aliphatic rings. The summed E-state index contributed by atoms with van der Waals surface area (Å²) in [6, 6.07) is 0. The molecular weight excluding hydrogens is 228 g/mol. The SMILES string of the molecule is CCNC(=NCC(=O)N(C)C)NCCCC1CC1. The molecule has 0 spiro atoms. The molecule has 1 rings (SSSR count). The first-order valence-corrected chi connectivity index (χ1v) is 6.85. The summed E-state index contributed by atoms with van der Waals surface area (Å²) in [5, 5.41) is 6.42. The van der Waals surface area contributed by atoms with Crippen molar-refractivity contribution in [2.45, 2.75) is 32.6 Å². The molecule has 5 heteroatoms. The number of carbonyl (C=O) groups excluding carboxylic acids is 1. The second kappa shape index (κ2) is 7.95. The van der Waals surface area contributed by atoms with Crippen LogP contribution in [0.15, 0.2) is 4.99 Å². The van der Waals surface area contributed by atoms with Crippen molar-refractivity contribution in [3.63, 3.8) is 0 Å². The summed E-state index contributed by atoms with van der Waals surface area (Å²) in [5.41, 5.74) is 0. The lowest BCUT2D eigenvalue weighted by molar-refractivity contribution is -0.127. The van der Waals surface area contributed by atoms with E-state index >= 15 is 0 Å². The van der Waals surface area contributed by atoms with Gasteiger partial charge in [-0.05, 0) is 25.7 Å². The van der Waals surface area contributed by atoms with Crippen LogP contribution in [0.4, 0.5) is 0 Å². The van der Waals surface area contributed by atoms with Crippen LogP contribution in [0.1, 0.15) is 32.6 Å². The van der Waals surface area contributed by atoms with Crippen molar-refractivity contribution in [1.82, 2.24) is 15.5 Å². The molecule has 0 aliphatic heterocycles. The third-order valence-electron chi connectivity index (χ3n) is 2.99. The number of hydrogen-bond donors (Lipinski definition) is 2. The highest BCUT2D eigenvalue weighted by atomic mass is 16.2. The van der Waals surface area contributed by atoms with E-state index in [-0.39, 0.29) is 12.5 Å². The van der Waals surface area contributed by atoms with Gasteiger partial charge in [-0.3, -0.25) is 4.79 Å². The van der Waals surface area contributed by atoms with Crippen LogP contribution in [-0.2, 0) is 4.79 Å². The van der Waals surface area contributed by atoms with Gasteiger partial charge in [0.1, 0.15) is 6.54 Å². The lowest BCUT2D eigenvalue weighted by atomic mass is 10.2. The Labute approximate surface area is 110 Å². The van der Waals surface area contributed by atoms with Gasteiger partial charge in [0.05, 0.1) is 0 Å². The molecule has 0 unspecified atom stereocenters. The zero-order valence-corrected chi connectivity index (χ0v) is 11.8. The van der Waals surface area contributed by atoms with E-state index in [9.17, 15) is 4.79 Å². The molecule has 104 valence electrons. The molecule has 1 saturated carbocycles. The molecule has 1 fully saturated rings. The van der Waals surface area contributed by atoms with Crippen molar-refractivity contribution < 1.29 is 4.79 Å². The summed E-state index contributed by atoms with van der Waals surface area (Å²) in [5.74, 6) is 1.73. The molecule has 1 aliphatic carbocycles. The Balaban J connectivity index is 2.22. The Morgan fingerprint density at radius 2 is 2.06 bits per heavy atom. The van der Waals surface area contributed by atoms with Crippen LogP contribution in [-0.4, -0.2) is 50.5 Å². The minimum Gasteiger partial charge on any atom is -0.357 e. The van der Waals surface area contributed by atoms with Crippen LogP contribution in [0.3, 0.4) is 0 Å². The maximum absolute atomic E-state index is 11.4. The molecule has 0 atom stereocenters. The fraction of sp³-hybridized carbons (Fsp3) is 0.846. The number of rotatable bonds is 7. The molecule has 18 heavy (non-hydrogen) atoms. The van der Waals surface area contributed by atoms with E-state index in [1.54, 1.807) is 19.0 Å². The summed E-state index contributed by atoms with van der Waals surface area (Å²) >= 11 is 0. The minimum absolute atomic E-state index is 0.0187. The highest BCUT2D eigenvalue weighted by Crippen LogP contribution is 2.33. The van der Waals surface area contributed by atoms with Crippen LogP contribution in [0.25, 0.3) is 0 Å². The fourth-order valence-electron chi connectivity index (χ4n) is 1.63. The predicted molar refractivity (Wildman–Crippen MR) is 74.6 cm³/mol. The summed E-state index contributed by atoms with van der Waals surface area (Å²) in [4.78, 5) is 17.3. The average molecular weight is 254 g/mol. The van der Waals surface area contributed by atoms with E-state index in [2.05, 4.69) is 15.6 Å². The fourth-order valence-corrected chi connectivity index (χ4v) is 1.63. The van der Waals surface area contributed by atoms with Crippen molar-refractivity contribution in [3.05, 3.63) is 0 Å². The van der Waals surface area contributed by atoms with Crippen molar-refractivity contribution in [3.8, 4) is 0 Å². The number of guanidine groups is 1. The molecule has 0 aromatic rings. The number of nitrogens with one attached hydrogen (secondary N) is 2. The van der Waals surface area contributed by atoms with Gasteiger partial charge in [0, 0.05) is 27.2 Å². The molecule has 0 aromatic heterocycles. The second-order valence-corrected chi connectivity index (χ2v) is 5.00. The van der Waals surface area contributed by atoms with Gasteiger partial charge in [0.2, 0.25) is 5.91 Å². The van der Waals surface area contributed by atoms with Gasteiger partial charge in [0.25, 0.3) is 0 Å². The van der Waals surface area contributed by atoms with Crippen LogP contribution >= 0.6 is 0 Å². The minimum atomic E-state index is 0.0187. The van der Waals surface area contributed by atoms with Gasteiger partial charge >= 0.3 is 0 Å². The Morgan fingerprint density at radius 1 is 1.33 bits per heavy atom. The van der Waals surface area contributed by atoms with E-state index in [0.29, 0.717) is 0 Å². The second-order valence-electron chi connectivity index (χ2n) is 5.00. The highest BCUT2D eigenvalue weighted by Gasteiger charge is 2.19. The van der Waals surface area contributed by atoms with Gasteiger partial charge in [0.15, 0.2) is 5.96 Å². The molecule has 0 heterocycles. The first-order chi connectivity index (χ1) is 8.63. The maximum Gasteiger partial charge on any atom is 0.243 e. The highest BCUT2D eigenvalue weighted by molar-refractivity contribution is 5.84. The average Bonchev–Trinajstić information content (AvgIpc) is 3.14. The summed E-state index contributed by atoms with van der Waals surface area (Å²) in [6.07, 6.45) is 5.30. The Hall–Kier alpha value is -1.26. The lowest BCUT2D eigenvalue weighted by Gasteiger charge is -2.12. The van der Waals surface area contributed by atoms with Crippen LogP contribution in [0.2, 0.25) is 0 Å². The van der Waals surface area contributed by atoms with Crippen molar-refractivity contribution in [2.75, 3.05) is 33.7 Å². The topological polar surface area (TPSA) is 56.7 Å². The molecule has 0 bridgehead atoms. The smallest absolute Gasteiger partial charge is 0.243 e. The molecule has 0 saturated heterocycles. The van der Waals surface area contributed by atoms with E-state index in [0.717, 1.165) is 25.0 Å². The quantitative estimate of drug-likeness (QED) is 0.402. The molecule has 1 amide bonds. The standard InChI is InChI=1S/C13H26N4O/c1-4-14-13(16-10-12(18)17(2)3)15-9-5-6-11-7-8-11/h11H,4-10H2,1-3H3,(H2,14,15,16). The third-order valence-corrected chi connectivity index (χ3v) is 2.99. The Kier molecular flexibility index (Phi) is 6.54. The monoisotopic (exact) mass is 254 g/mol. The number of amides is 1. The number of likely N-dealkylation sites (N-methyl/N-ethyl adjacent to an activating group) is 1. The Morgan fingerprint density at radius 3 is 2.61 bits per heavy atom. The predicted octanol–water partition coefficient (Wildman–Crippen LogP) is 0.820. The van der Waals surface area contributed by atoms with Gasteiger partial charge < -0.3 is 15.5 Å². The van der Waals surface area contributed by atoms with E-state index in [1.807, 2.05) is 6.92 Å². The first kappa shape index (κ1) is 14.8. The molecular formula is C13H26N4O. The largest absolute Gasteiger partial charge is 0.357 e. The van der Waals surface area contributed by atoms with Gasteiger partial charge in [-0.25, -0.2) is 4.99 Å². The summed E-state index contributed by atoms with van der Waals surface area (Å²) < 4.78 is 0. The first-order valence-electron chi connectivity index (χ1n) is 6.85. The Bertz CT molecular complexity index is 285. The van der Waals surface area contributed by atoms with Crippen LogP contribution in [0, 0.1) is 5.92 Å². The molecule has 2 N–H and O–H groups in total. The number of hydrogen-bond acceptors (Lipinski definition) is 2. The van der Waals surface area contributed by atoms with Crippen LogP contribution in [0.5, 0.6) is 0 Å². The number of carbonyl (C=O) groups is 1. The molecule has 0 radical (unpaired) electrons. The maximum atomic E-state index is 11.4. The van der Waals surface area contributed by atoms with Gasteiger partial charge in [-0.2, -0.15) is 0 Å². The number of aliphatic imine (C=N–C) groups is 1. The summed E-state index contributed by atoms with van der Waals surface area (Å²) in [7, 11) is 3.49. The zero-order chi connectivity index (χ0) is 13.4. The van der Waals surface area contributed by atoms with Gasteiger partial charge in [-0.1, -0.05) is 12.8 Å². The van der Waals surface area contributed by atoms with E-state index < -0.39 is 0 Å². The van der Waals surface area contributed by atoms with E-state index in [1.165, 1.54) is 25.7 Å². The third kappa shape index (κ3) is 6.47. The zero-order valence-electron chi connectivity index (χ0n) is 11.8. The van der Waals surface area contributed by atoms with Gasteiger partial charge in [-0.15, -0.1) is 0 Å². The normalized spacial score (nSPS) is 15.4. The van der Waals surface area contributed by atoms with Crippen LogP contribution < -0.4 is 10.6 Å². The van der Waals surface area contributed by atoms with Crippen molar-refractivity contribution in [2.24, 2.45) is 10.9 Å². The molecule has 0 aromatic carbocycles. The van der Waals surface area contributed by atoms with Crippen molar-refractivity contribution in [1.29, 1.82) is 0 Å². The van der Waals surface area contributed by atoms with Crippen molar-refractivity contribution >= 4 is 11.9 Å². The lowest BCUT2D eigenvalue weighted by Crippen LogP contribution is -2.38. The van der Waals surface area contributed by atoms with E-state index in [4.69, 9.17) is 0 Å². The summed E-state index contributed by atoms with van der Waals surface area (Å²) in [6.45, 7) is 3.96.